The number of carboxylic acids is 1. The van der Waals surface area contributed by atoms with Crippen LogP contribution in [0.25, 0.3) is 10.8 Å². The number of rotatable bonds is 5. The number of piperidine rings is 1. The Bertz CT molecular complexity index is 993. The van der Waals surface area contributed by atoms with Gasteiger partial charge in [0.1, 0.15) is 12.1 Å². The largest absolute Gasteiger partial charge is 0.480 e. The van der Waals surface area contributed by atoms with Crippen LogP contribution >= 0.6 is 24.4 Å². The highest BCUT2D eigenvalue weighted by Gasteiger charge is 2.43. The van der Waals surface area contributed by atoms with Gasteiger partial charge in [-0.15, -0.1) is 11.8 Å². The molecule has 8 heteroatoms. The summed E-state index contributed by atoms with van der Waals surface area (Å²) in [6.07, 6.45) is 2.96. The minimum absolute atomic E-state index is 0.133. The fraction of sp³-hybridized carbons (Fsp3) is 0.435. The van der Waals surface area contributed by atoms with E-state index in [1.165, 1.54) is 4.90 Å². The zero-order valence-corrected chi connectivity index (χ0v) is 18.8. The van der Waals surface area contributed by atoms with Crippen LogP contribution < -0.4 is 5.32 Å². The van der Waals surface area contributed by atoms with Crippen molar-refractivity contribution in [1.82, 2.24) is 10.2 Å². The maximum atomic E-state index is 13.2. The maximum absolute atomic E-state index is 13.2. The maximum Gasteiger partial charge on any atom is 0.326 e. The second kappa shape index (κ2) is 9.53. The SMILES string of the molecule is O=C(N[C@H]1CCSC2CCCC(C(=O)O)N2C1=O)C(S)Cc1cccc2ccccc12. The molecule has 3 unspecified atom stereocenters. The van der Waals surface area contributed by atoms with Crippen molar-refractivity contribution in [2.75, 3.05) is 5.75 Å². The van der Waals surface area contributed by atoms with Gasteiger partial charge < -0.3 is 15.3 Å². The first-order valence-corrected chi connectivity index (χ1v) is 12.1. The summed E-state index contributed by atoms with van der Waals surface area (Å²) in [7, 11) is 0. The summed E-state index contributed by atoms with van der Waals surface area (Å²) >= 11 is 6.13. The van der Waals surface area contributed by atoms with Gasteiger partial charge >= 0.3 is 5.97 Å². The Balaban J connectivity index is 1.47. The van der Waals surface area contributed by atoms with Crippen LogP contribution in [-0.4, -0.2) is 56.3 Å². The molecule has 2 aliphatic heterocycles. The minimum Gasteiger partial charge on any atom is -0.480 e. The number of nitrogens with one attached hydrogen (secondary N) is 1. The molecule has 0 aliphatic carbocycles. The smallest absolute Gasteiger partial charge is 0.326 e. The van der Waals surface area contributed by atoms with E-state index in [1.807, 2.05) is 42.5 Å². The molecule has 4 rings (SSSR count). The third-order valence-electron chi connectivity index (χ3n) is 6.04. The summed E-state index contributed by atoms with van der Waals surface area (Å²) in [5.74, 6) is -0.873. The predicted octanol–water partition coefficient (Wildman–Crippen LogP) is 3.09. The monoisotopic (exact) mass is 458 g/mol. The number of aliphatic carboxylic acids is 1. The first-order chi connectivity index (χ1) is 15.0. The number of fused-ring (bicyclic) bond motifs is 2. The van der Waals surface area contributed by atoms with E-state index in [2.05, 4.69) is 17.9 Å². The van der Waals surface area contributed by atoms with Gasteiger partial charge in [-0.2, -0.15) is 12.6 Å². The summed E-state index contributed by atoms with van der Waals surface area (Å²) in [6, 6.07) is 12.4. The summed E-state index contributed by atoms with van der Waals surface area (Å²) < 4.78 is 0. The Hall–Kier alpha value is -2.19. The van der Waals surface area contributed by atoms with Crippen molar-refractivity contribution in [1.29, 1.82) is 0 Å². The zero-order valence-electron chi connectivity index (χ0n) is 17.1. The molecule has 164 valence electrons. The third kappa shape index (κ3) is 4.70. The van der Waals surface area contributed by atoms with Gasteiger partial charge in [-0.3, -0.25) is 9.59 Å². The number of hydrogen-bond donors (Lipinski definition) is 3. The summed E-state index contributed by atoms with van der Waals surface area (Å²) in [6.45, 7) is 0. The lowest BCUT2D eigenvalue weighted by molar-refractivity contribution is -0.154. The lowest BCUT2D eigenvalue weighted by atomic mass is 9.99. The number of amides is 2. The van der Waals surface area contributed by atoms with Crippen LogP contribution in [0.5, 0.6) is 0 Å². The van der Waals surface area contributed by atoms with Crippen LogP contribution in [0.2, 0.25) is 0 Å². The van der Waals surface area contributed by atoms with Crippen LogP contribution in [-0.2, 0) is 20.8 Å². The molecule has 2 aromatic rings. The molecular formula is C23H26N2O4S2. The fourth-order valence-electron chi connectivity index (χ4n) is 4.46. The van der Waals surface area contributed by atoms with Gasteiger partial charge in [-0.05, 0) is 54.2 Å². The van der Waals surface area contributed by atoms with Gasteiger partial charge in [-0.1, -0.05) is 42.5 Å². The molecular weight excluding hydrogens is 432 g/mol. The third-order valence-corrected chi connectivity index (χ3v) is 7.78. The van der Waals surface area contributed by atoms with Gasteiger partial charge in [0.2, 0.25) is 11.8 Å². The van der Waals surface area contributed by atoms with Crippen LogP contribution in [0.4, 0.5) is 0 Å². The molecule has 31 heavy (non-hydrogen) atoms. The molecule has 4 atom stereocenters. The van der Waals surface area contributed by atoms with Crippen molar-refractivity contribution in [3.63, 3.8) is 0 Å². The Morgan fingerprint density at radius 2 is 1.94 bits per heavy atom. The van der Waals surface area contributed by atoms with Gasteiger partial charge in [0.25, 0.3) is 0 Å². The van der Waals surface area contributed by atoms with Crippen LogP contribution in [0.1, 0.15) is 31.2 Å². The molecule has 2 aliphatic rings. The highest BCUT2D eigenvalue weighted by molar-refractivity contribution is 7.99. The lowest BCUT2D eigenvalue weighted by Gasteiger charge is -2.39. The number of thioether (sulfide) groups is 1. The summed E-state index contributed by atoms with van der Waals surface area (Å²) in [5.41, 5.74) is 1.03. The second-order valence-electron chi connectivity index (χ2n) is 8.06. The van der Waals surface area contributed by atoms with Gasteiger partial charge in [0, 0.05) is 0 Å². The first-order valence-electron chi connectivity index (χ1n) is 10.6. The predicted molar refractivity (Wildman–Crippen MR) is 125 cm³/mol. The number of carbonyl (C=O) groups is 3. The Labute approximate surface area is 191 Å². The molecule has 2 fully saturated rings. The quantitative estimate of drug-likeness (QED) is 0.600. The van der Waals surface area contributed by atoms with Crippen molar-refractivity contribution in [2.24, 2.45) is 0 Å². The normalized spacial score (nSPS) is 24.9. The number of hydrogen-bond acceptors (Lipinski definition) is 5. The number of nitrogens with zero attached hydrogens (tertiary/aromatic N) is 1. The lowest BCUT2D eigenvalue weighted by Crippen LogP contribution is -2.57. The topological polar surface area (TPSA) is 86.7 Å². The number of thiol groups is 1. The molecule has 0 spiro atoms. The molecule has 0 radical (unpaired) electrons. The number of carboxylic acid groups (broad SMARTS) is 1. The second-order valence-corrected chi connectivity index (χ2v) is 9.97. The number of carbonyl (C=O) groups excluding carboxylic acids is 2. The van der Waals surface area contributed by atoms with E-state index in [9.17, 15) is 19.5 Å². The van der Waals surface area contributed by atoms with E-state index in [-0.39, 0.29) is 17.2 Å². The molecule has 2 aromatic carbocycles. The van der Waals surface area contributed by atoms with Crippen molar-refractivity contribution in [3.05, 3.63) is 48.0 Å². The molecule has 0 saturated carbocycles. The first kappa shape index (κ1) is 22.0. The highest BCUT2D eigenvalue weighted by atomic mass is 32.2. The van der Waals surface area contributed by atoms with E-state index >= 15 is 0 Å². The molecule has 2 N–H and O–H groups in total. The van der Waals surface area contributed by atoms with Crippen molar-refractivity contribution < 1.29 is 19.5 Å². The van der Waals surface area contributed by atoms with Crippen molar-refractivity contribution in [2.45, 2.75) is 54.8 Å². The zero-order chi connectivity index (χ0) is 22.0. The Kier molecular flexibility index (Phi) is 6.77. The highest BCUT2D eigenvalue weighted by Crippen LogP contribution is 2.34. The molecule has 0 bridgehead atoms. The van der Waals surface area contributed by atoms with E-state index in [0.29, 0.717) is 25.0 Å². The average Bonchev–Trinajstić information content (AvgIpc) is 2.92. The van der Waals surface area contributed by atoms with Gasteiger partial charge in [0.05, 0.1) is 10.6 Å². The molecule has 2 heterocycles. The van der Waals surface area contributed by atoms with Crippen LogP contribution in [0.15, 0.2) is 42.5 Å². The molecule has 6 nitrogen and oxygen atoms in total. The summed E-state index contributed by atoms with van der Waals surface area (Å²) in [5, 5.41) is 13.9. The number of benzene rings is 2. The van der Waals surface area contributed by atoms with Crippen LogP contribution in [0.3, 0.4) is 0 Å². The summed E-state index contributed by atoms with van der Waals surface area (Å²) in [4.78, 5) is 39.3. The van der Waals surface area contributed by atoms with Gasteiger partial charge in [-0.25, -0.2) is 4.79 Å². The van der Waals surface area contributed by atoms with E-state index in [4.69, 9.17) is 0 Å². The van der Waals surface area contributed by atoms with Crippen LogP contribution in [0, 0.1) is 0 Å². The van der Waals surface area contributed by atoms with Gasteiger partial charge in [0.15, 0.2) is 0 Å². The average molecular weight is 459 g/mol. The Morgan fingerprint density at radius 3 is 2.74 bits per heavy atom. The minimum atomic E-state index is -0.978. The fourth-order valence-corrected chi connectivity index (χ4v) is 6.12. The standard InChI is InChI=1S/C23H26N2O4S2/c26-21(19(30)13-15-7-3-6-14-5-1-2-8-16(14)15)24-17-11-12-31-20-10-4-9-18(23(28)29)25(20)22(17)27/h1-3,5-8,17-20,30H,4,9-13H2,(H,24,26)(H,28,29)/t17-,18?,19?,20?/m0/s1. The Morgan fingerprint density at radius 1 is 1.16 bits per heavy atom. The van der Waals surface area contributed by atoms with E-state index in [0.717, 1.165) is 29.2 Å². The molecule has 2 saturated heterocycles. The molecule has 0 aromatic heterocycles. The van der Waals surface area contributed by atoms with Crippen molar-refractivity contribution in [3.8, 4) is 0 Å². The van der Waals surface area contributed by atoms with E-state index < -0.39 is 23.3 Å². The van der Waals surface area contributed by atoms with E-state index in [1.54, 1.807) is 11.8 Å². The van der Waals surface area contributed by atoms with Crippen molar-refractivity contribution >= 4 is 52.9 Å². The molecule has 2 amide bonds.